The maximum Gasteiger partial charge on any atom is 4.00 e. The zero-order chi connectivity index (χ0) is 62.5. The van der Waals surface area contributed by atoms with Gasteiger partial charge < -0.3 is 21.3 Å². The van der Waals surface area contributed by atoms with Gasteiger partial charge in [-0.1, -0.05) is 352 Å². The number of allylic oxidation sites excluding steroid dienone is 12. The third-order valence-corrected chi connectivity index (χ3v) is 37.8. The van der Waals surface area contributed by atoms with Gasteiger partial charge in [0, 0.05) is 35.2 Å². The van der Waals surface area contributed by atoms with Crippen molar-refractivity contribution in [1.29, 1.82) is 0 Å². The minimum atomic E-state index is -0.500. The molecule has 9 heteroatoms. The van der Waals surface area contributed by atoms with E-state index in [1.165, 1.54) is 196 Å². The summed E-state index contributed by atoms with van der Waals surface area (Å²) in [5.41, 5.74) is 23.6. The van der Waals surface area contributed by atoms with Gasteiger partial charge in [0.25, 0.3) is 0 Å². The molecule has 0 heterocycles. The summed E-state index contributed by atoms with van der Waals surface area (Å²) in [7, 11) is -2.00. The summed E-state index contributed by atoms with van der Waals surface area (Å²) in [5, 5.41) is 23.3. The molecule has 4 saturated carbocycles. The minimum Gasteiger partial charge on any atom is -0.681 e. The van der Waals surface area contributed by atoms with Crippen LogP contribution in [0, 0.1) is 0 Å². The summed E-state index contributed by atoms with van der Waals surface area (Å²) in [4.78, 5) is 0. The number of hydrogen-bond acceptors (Lipinski definition) is 0. The van der Waals surface area contributed by atoms with Gasteiger partial charge >= 0.3 is 21.7 Å². The zero-order valence-corrected chi connectivity index (χ0v) is 65.7. The molecule has 85 heavy (non-hydrogen) atoms. The van der Waals surface area contributed by atoms with Gasteiger partial charge in [-0.2, -0.15) is 0 Å². The van der Waals surface area contributed by atoms with Crippen LogP contribution in [0.2, 0.25) is 44.3 Å². The van der Waals surface area contributed by atoms with E-state index in [4.69, 9.17) is 21.3 Å². The second-order valence-corrected chi connectivity index (χ2v) is 47.4. The molecule has 0 unspecified atom stereocenters. The molecule has 0 amide bonds. The number of nitrogens with zero attached hydrogens (tertiary/aromatic N) is 4. The fourth-order valence-corrected chi connectivity index (χ4v) is 36.9. The van der Waals surface area contributed by atoms with Gasteiger partial charge in [0.2, 0.25) is 0 Å². The van der Waals surface area contributed by atoms with Gasteiger partial charge in [-0.25, -0.2) is 0 Å². The molecule has 4 fully saturated rings. The first-order chi connectivity index (χ1) is 39.5. The van der Waals surface area contributed by atoms with E-state index in [-0.39, 0.29) is 21.7 Å². The van der Waals surface area contributed by atoms with Crippen LogP contribution in [0.15, 0.2) is 91.7 Å². The average molecular weight is 1260 g/mol. The van der Waals surface area contributed by atoms with Gasteiger partial charge in [0.15, 0.2) is 0 Å². The Kier molecular flexibility index (Phi) is 30.8. The van der Waals surface area contributed by atoms with Gasteiger partial charge in [-0.15, -0.1) is 43.4 Å². The number of rotatable bonds is 20. The Morgan fingerprint density at radius 2 is 0.400 bits per heavy atom. The Morgan fingerprint density at radius 3 is 0.506 bits per heavy atom. The van der Waals surface area contributed by atoms with Crippen molar-refractivity contribution in [3.8, 4) is 0 Å². The second kappa shape index (κ2) is 34.4. The predicted molar refractivity (Wildman–Crippen MR) is 385 cm³/mol. The summed E-state index contributed by atoms with van der Waals surface area (Å²) in [6.45, 7) is 57.2. The molecule has 0 aromatic rings. The van der Waals surface area contributed by atoms with E-state index in [9.17, 15) is 0 Å². The van der Waals surface area contributed by atoms with Crippen LogP contribution >= 0.6 is 0 Å². The number of hydrogen-bond donors (Lipinski definition) is 0. The molecule has 0 saturated heterocycles. The predicted octanol–water partition coefficient (Wildman–Crippen LogP) is 26.2. The van der Waals surface area contributed by atoms with Gasteiger partial charge in [-0.05, 0) is 81.1 Å². The topological polar surface area (TPSA) is 56.4 Å². The van der Waals surface area contributed by atoms with Gasteiger partial charge in [0.1, 0.15) is 0 Å². The Labute approximate surface area is 551 Å². The van der Waals surface area contributed by atoms with E-state index in [0.29, 0.717) is 20.6 Å². The van der Waals surface area contributed by atoms with E-state index in [1.807, 2.05) is 0 Å². The first-order valence-electron chi connectivity index (χ1n) is 35.4. The van der Waals surface area contributed by atoms with Crippen molar-refractivity contribution in [2.45, 2.75) is 385 Å². The first kappa shape index (κ1) is 76.2. The smallest absolute Gasteiger partial charge is 0.681 e. The van der Waals surface area contributed by atoms with Crippen molar-refractivity contribution in [2.75, 3.05) is 0 Å². The maximum atomic E-state index is 5.53. The Hall–Kier alpha value is -1.30. The van der Waals surface area contributed by atoms with Crippen LogP contribution in [0.4, 0.5) is 0 Å². The molecule has 8 aliphatic rings. The molecule has 8 rings (SSSR count). The molecule has 0 atom stereocenters. The molecule has 4 nitrogen and oxygen atoms in total. The van der Waals surface area contributed by atoms with Crippen molar-refractivity contribution >= 4 is 35.2 Å². The minimum absolute atomic E-state index is 0. The standard InChI is InChI=1S/4C19H33NSi.Ti/c4*1-14(2)21(15(3)4)19(12-8-7-9-13-19)20-18-16(5)10-11-17(18)6;/h4*10,14-15H,7-9,11-13H2,1-6H3;/q4*-1;+4. The zero-order valence-electron chi connectivity index (χ0n) is 60.2. The molecule has 476 valence electrons. The van der Waals surface area contributed by atoms with Crippen LogP contribution in [-0.2, 0) is 21.7 Å². The average Bonchev–Trinajstić information content (AvgIpc) is 3.71. The van der Waals surface area contributed by atoms with Crippen molar-refractivity contribution < 1.29 is 21.7 Å². The van der Waals surface area contributed by atoms with E-state index >= 15 is 0 Å². The molecule has 0 spiro atoms. The molecular formula is C76H132N4Si4Ti. The van der Waals surface area contributed by atoms with E-state index in [0.717, 1.165) is 70.0 Å². The summed E-state index contributed by atoms with van der Waals surface area (Å²) >= 11 is 0. The summed E-state index contributed by atoms with van der Waals surface area (Å²) < 4.78 is 0. The molecule has 0 aliphatic heterocycles. The quantitative estimate of drug-likeness (QED) is 0.109. The van der Waals surface area contributed by atoms with Crippen molar-refractivity contribution in [3.05, 3.63) is 113 Å². The van der Waals surface area contributed by atoms with Crippen LogP contribution in [0.1, 0.15) is 320 Å². The van der Waals surface area contributed by atoms with Crippen molar-refractivity contribution in [1.82, 2.24) is 0 Å². The van der Waals surface area contributed by atoms with Gasteiger partial charge in [0.05, 0.1) is 0 Å². The molecule has 0 bridgehead atoms. The summed E-state index contributed by atoms with van der Waals surface area (Å²) in [6, 6.07) is 0. The first-order valence-corrected chi connectivity index (χ1v) is 42.0. The largest absolute Gasteiger partial charge is 4.00 e. The third-order valence-electron chi connectivity index (χ3n) is 21.1. The third kappa shape index (κ3) is 19.4. The van der Waals surface area contributed by atoms with Crippen LogP contribution in [0.3, 0.4) is 0 Å². The molecular weight excluding hydrogens is 1130 g/mol. The van der Waals surface area contributed by atoms with E-state index < -0.39 is 35.2 Å². The van der Waals surface area contributed by atoms with Crippen LogP contribution in [0.25, 0.3) is 21.3 Å². The van der Waals surface area contributed by atoms with Crippen LogP contribution in [-0.4, -0.2) is 55.8 Å². The van der Waals surface area contributed by atoms with Gasteiger partial charge in [-0.3, -0.25) is 0 Å². The normalized spacial score (nSPS) is 22.2. The van der Waals surface area contributed by atoms with Crippen molar-refractivity contribution in [3.63, 3.8) is 0 Å². The SMILES string of the molecule is CC1=CCC(C)=C1[N-]C1([Si](C(C)C)C(C)C)CCCCC1.CC1=CCC(C)=C1[N-]C1([Si](C(C)C)C(C)C)CCCCC1.CC1=CCC(C)=C1[N-]C1([Si](C(C)C)C(C)C)CCCCC1.CC1=CCC(C)=C1[N-]C1([Si](C(C)C)C(C)C)CCCCC1.[Ti+4]. The molecule has 8 aliphatic carbocycles. The van der Waals surface area contributed by atoms with Crippen LogP contribution in [0.5, 0.6) is 0 Å². The summed E-state index contributed by atoms with van der Waals surface area (Å²) in [5.74, 6) is 0. The van der Waals surface area contributed by atoms with Crippen LogP contribution < -0.4 is 0 Å². The molecule has 0 aromatic heterocycles. The summed E-state index contributed by atoms with van der Waals surface area (Å²) in [6.07, 6.45) is 41.3. The maximum absolute atomic E-state index is 5.53. The Bertz CT molecular complexity index is 2000. The second-order valence-electron chi connectivity index (χ2n) is 30.8. The molecule has 0 N–H and O–H groups in total. The Balaban J connectivity index is 0.000000242. The fraction of sp³-hybridized carbons (Fsp3) is 0.789. The van der Waals surface area contributed by atoms with Crippen molar-refractivity contribution in [2.24, 2.45) is 0 Å². The monoisotopic (exact) mass is 1260 g/mol. The van der Waals surface area contributed by atoms with E-state index in [1.54, 1.807) is 0 Å². The molecule has 0 aromatic carbocycles. The molecule has 4 radical (unpaired) electrons. The fourth-order valence-electron chi connectivity index (χ4n) is 18.3. The Morgan fingerprint density at radius 1 is 0.259 bits per heavy atom. The van der Waals surface area contributed by atoms with E-state index in [2.05, 4.69) is 190 Å².